The van der Waals surface area contributed by atoms with E-state index in [0.29, 0.717) is 25.5 Å². The van der Waals surface area contributed by atoms with Crippen LogP contribution in [0.3, 0.4) is 0 Å². The van der Waals surface area contributed by atoms with Gasteiger partial charge in [0.25, 0.3) is 5.82 Å². The third kappa shape index (κ3) is 5.44. The zero-order chi connectivity index (χ0) is 21.8. The first kappa shape index (κ1) is 21.8. The Morgan fingerprint density at radius 2 is 1.77 bits per heavy atom. The van der Waals surface area contributed by atoms with Crippen molar-refractivity contribution in [3.63, 3.8) is 0 Å². The van der Waals surface area contributed by atoms with Gasteiger partial charge in [0.15, 0.2) is 5.65 Å². The largest absolute Gasteiger partial charge is 0.453 e. The fraction of sp³-hybridized carbons (Fsp3) is 0.650. The Bertz CT molecular complexity index is 936. The predicted molar refractivity (Wildman–Crippen MR) is 109 cm³/mol. The van der Waals surface area contributed by atoms with Gasteiger partial charge in [-0.05, 0) is 32.0 Å². The second kappa shape index (κ2) is 9.38. The smallest absolute Gasteiger partial charge is 0.365 e. The lowest BCUT2D eigenvalue weighted by Gasteiger charge is -2.32. The summed E-state index contributed by atoms with van der Waals surface area (Å²) in [5.74, 6) is 5.64. The number of alkyl halides is 3. The normalized spacial score (nSPS) is 19.5. The van der Waals surface area contributed by atoms with Crippen molar-refractivity contribution in [3.05, 3.63) is 18.0 Å². The molecule has 0 aromatic carbocycles. The monoisotopic (exact) mass is 437 g/mol. The van der Waals surface area contributed by atoms with Crippen LogP contribution in [0.15, 0.2) is 12.1 Å². The lowest BCUT2D eigenvalue weighted by atomic mass is 10.1. The van der Waals surface area contributed by atoms with Gasteiger partial charge in [-0.25, -0.2) is 0 Å². The topological polar surface area (TPSA) is 62.0 Å². The molecule has 0 amide bonds. The molecule has 4 heterocycles. The summed E-state index contributed by atoms with van der Waals surface area (Å²) in [5, 5.41) is 10.9. The molecule has 0 N–H and O–H groups in total. The van der Waals surface area contributed by atoms with Crippen molar-refractivity contribution in [3.8, 4) is 11.8 Å². The van der Waals surface area contributed by atoms with Gasteiger partial charge >= 0.3 is 6.18 Å². The highest BCUT2D eigenvalue weighted by molar-refractivity contribution is 5.46. The molecule has 2 aliphatic heterocycles. The van der Waals surface area contributed by atoms with E-state index >= 15 is 0 Å². The van der Waals surface area contributed by atoms with E-state index in [-0.39, 0.29) is 11.8 Å². The molecule has 0 saturated carbocycles. The Kier molecular flexibility index (Phi) is 6.60. The molecule has 0 radical (unpaired) electrons. The minimum Gasteiger partial charge on any atom is -0.365 e. The number of piperazine rings is 1. The summed E-state index contributed by atoms with van der Waals surface area (Å²) >= 11 is 0. The van der Waals surface area contributed by atoms with Crippen molar-refractivity contribution in [1.82, 2.24) is 29.6 Å². The van der Waals surface area contributed by atoms with Gasteiger partial charge in [0.1, 0.15) is 12.4 Å². The zero-order valence-corrected chi connectivity index (χ0v) is 17.5. The maximum absolute atomic E-state index is 13.1. The van der Waals surface area contributed by atoms with Gasteiger partial charge in [-0.3, -0.25) is 4.90 Å². The van der Waals surface area contributed by atoms with E-state index in [2.05, 4.69) is 44.0 Å². The first-order valence-corrected chi connectivity index (χ1v) is 10.4. The Morgan fingerprint density at radius 1 is 1.03 bits per heavy atom. The maximum Gasteiger partial charge on any atom is 0.453 e. The van der Waals surface area contributed by atoms with Crippen LogP contribution in [0.4, 0.5) is 19.0 Å². The SMILES string of the molecule is CN1CCN(CC#CCOC2CCN(c3ccc4nnc(C(F)(F)F)n4n3)CC2)CC1. The molecule has 4 rings (SSSR count). The number of ether oxygens (including phenoxy) is 1. The number of hydrogen-bond donors (Lipinski definition) is 0. The van der Waals surface area contributed by atoms with E-state index in [1.165, 1.54) is 6.07 Å². The van der Waals surface area contributed by atoms with Crippen LogP contribution in [0.5, 0.6) is 0 Å². The van der Waals surface area contributed by atoms with E-state index in [1.807, 2.05) is 4.90 Å². The number of fused-ring (bicyclic) bond motifs is 1. The Morgan fingerprint density at radius 3 is 2.48 bits per heavy atom. The number of halogens is 3. The third-order valence-electron chi connectivity index (χ3n) is 5.68. The van der Waals surface area contributed by atoms with E-state index in [9.17, 15) is 13.2 Å². The van der Waals surface area contributed by atoms with Crippen LogP contribution in [0, 0.1) is 11.8 Å². The average Bonchev–Trinajstić information content (AvgIpc) is 3.19. The molecule has 0 atom stereocenters. The highest BCUT2D eigenvalue weighted by atomic mass is 19.4. The van der Waals surface area contributed by atoms with Gasteiger partial charge in [-0.1, -0.05) is 11.8 Å². The molecule has 11 heteroatoms. The number of anilines is 1. The highest BCUT2D eigenvalue weighted by Gasteiger charge is 2.38. The summed E-state index contributed by atoms with van der Waals surface area (Å²) < 4.78 is 45.8. The number of likely N-dealkylation sites (N-methyl/N-ethyl adjacent to an activating group) is 1. The van der Waals surface area contributed by atoms with Crippen LogP contribution < -0.4 is 4.90 Å². The summed E-state index contributed by atoms with van der Waals surface area (Å²) in [6, 6.07) is 3.18. The van der Waals surface area contributed by atoms with E-state index < -0.39 is 12.0 Å². The Balaban J connectivity index is 1.24. The molecule has 2 aromatic heterocycles. The number of hydrogen-bond acceptors (Lipinski definition) is 7. The van der Waals surface area contributed by atoms with Gasteiger partial charge in [-0.2, -0.15) is 17.7 Å². The average molecular weight is 437 g/mol. The fourth-order valence-corrected chi connectivity index (χ4v) is 3.76. The molecule has 0 bridgehead atoms. The third-order valence-corrected chi connectivity index (χ3v) is 5.68. The molecule has 0 unspecified atom stereocenters. The molecule has 2 fully saturated rings. The van der Waals surface area contributed by atoms with Crippen LogP contribution in [0.2, 0.25) is 0 Å². The second-order valence-corrected chi connectivity index (χ2v) is 7.91. The molecule has 8 nitrogen and oxygen atoms in total. The van der Waals surface area contributed by atoms with Crippen molar-refractivity contribution in [2.24, 2.45) is 0 Å². The molecular weight excluding hydrogens is 411 g/mol. The minimum absolute atomic E-state index is 0.0736. The summed E-state index contributed by atoms with van der Waals surface area (Å²) in [6.45, 7) is 6.72. The molecular formula is C20H26F3N7O. The van der Waals surface area contributed by atoms with Crippen molar-refractivity contribution >= 4 is 11.5 Å². The Hall–Kier alpha value is -2.42. The molecule has 2 aromatic rings. The molecule has 2 aliphatic rings. The van der Waals surface area contributed by atoms with E-state index in [0.717, 1.165) is 50.1 Å². The second-order valence-electron chi connectivity index (χ2n) is 7.91. The zero-order valence-electron chi connectivity index (χ0n) is 17.5. The van der Waals surface area contributed by atoms with Crippen LogP contribution in [-0.2, 0) is 10.9 Å². The standard InChI is InChI=1S/C20H26F3N7O/c1-27-11-13-28(14-12-27)8-2-3-15-31-16-6-9-29(10-7-16)18-5-4-17-24-25-19(20(21,22)23)30(17)26-18/h4-5,16H,6-15H2,1H3. The van der Waals surface area contributed by atoms with Gasteiger partial charge in [0.2, 0.25) is 0 Å². The van der Waals surface area contributed by atoms with Crippen molar-refractivity contribution in [2.75, 3.05) is 64.4 Å². The summed E-state index contributed by atoms with van der Waals surface area (Å²) in [7, 11) is 2.13. The van der Waals surface area contributed by atoms with Gasteiger partial charge in [0.05, 0.1) is 12.6 Å². The lowest BCUT2D eigenvalue weighted by Crippen LogP contribution is -2.44. The molecule has 2 saturated heterocycles. The van der Waals surface area contributed by atoms with Crippen molar-refractivity contribution in [1.29, 1.82) is 0 Å². The van der Waals surface area contributed by atoms with Crippen molar-refractivity contribution < 1.29 is 17.9 Å². The predicted octanol–water partition coefficient (Wildman–Crippen LogP) is 1.38. The van der Waals surface area contributed by atoms with Crippen LogP contribution in [-0.4, -0.2) is 95.2 Å². The summed E-state index contributed by atoms with van der Waals surface area (Å²) in [6.07, 6.45) is -2.96. The maximum atomic E-state index is 13.1. The summed E-state index contributed by atoms with van der Waals surface area (Å²) in [4.78, 5) is 6.61. The molecule has 31 heavy (non-hydrogen) atoms. The molecule has 168 valence electrons. The van der Waals surface area contributed by atoms with Gasteiger partial charge in [0, 0.05) is 39.3 Å². The van der Waals surface area contributed by atoms with Crippen LogP contribution >= 0.6 is 0 Å². The molecule has 0 aliphatic carbocycles. The van der Waals surface area contributed by atoms with E-state index in [1.54, 1.807) is 6.07 Å². The first-order chi connectivity index (χ1) is 14.9. The van der Waals surface area contributed by atoms with Crippen LogP contribution in [0.25, 0.3) is 5.65 Å². The van der Waals surface area contributed by atoms with Gasteiger partial charge in [-0.15, -0.1) is 15.3 Å². The first-order valence-electron chi connectivity index (χ1n) is 10.4. The summed E-state index contributed by atoms with van der Waals surface area (Å²) in [5.41, 5.74) is 0.0736. The lowest BCUT2D eigenvalue weighted by molar-refractivity contribution is -0.146. The molecule has 0 spiro atoms. The van der Waals surface area contributed by atoms with Gasteiger partial charge < -0.3 is 14.5 Å². The highest BCUT2D eigenvalue weighted by Crippen LogP contribution is 2.28. The quantitative estimate of drug-likeness (QED) is 0.670. The minimum atomic E-state index is -4.60. The van der Waals surface area contributed by atoms with Crippen molar-refractivity contribution in [2.45, 2.75) is 25.1 Å². The number of rotatable bonds is 4. The Labute approximate surface area is 178 Å². The number of nitrogens with zero attached hydrogens (tertiary/aromatic N) is 7. The fourth-order valence-electron chi connectivity index (χ4n) is 3.76. The van der Waals surface area contributed by atoms with E-state index in [4.69, 9.17) is 4.74 Å². The van der Waals surface area contributed by atoms with Crippen LogP contribution in [0.1, 0.15) is 18.7 Å². The number of aromatic nitrogens is 4. The number of piperidine rings is 1.